The van der Waals surface area contributed by atoms with Crippen molar-refractivity contribution in [3.05, 3.63) is 133 Å². The highest BCUT2D eigenvalue weighted by Crippen LogP contribution is 2.43. The summed E-state index contributed by atoms with van der Waals surface area (Å²) in [4.78, 5) is -1.08. The molecule has 8 aromatic carbocycles. The molecule has 0 spiro atoms. The lowest BCUT2D eigenvalue weighted by Crippen LogP contribution is -1.98. The topological polar surface area (TPSA) is 364 Å². The number of nitrogens with zero attached hydrogens (tertiary/aromatic N) is 8. The molecule has 21 nitrogen and oxygen atoms in total. The number of azo groups is 4. The molecule has 13 N–H and O–H groups in total. The first-order valence-corrected chi connectivity index (χ1v) is 22.3. The van der Waals surface area contributed by atoms with Crippen LogP contribution >= 0.6 is 0 Å². The van der Waals surface area contributed by atoms with Crippen LogP contribution in [0.5, 0.6) is 11.5 Å². The minimum Gasteiger partial charge on any atom is -0.505 e. The molecule has 0 aliphatic rings. The van der Waals surface area contributed by atoms with Crippen molar-refractivity contribution < 1.29 is 36.2 Å². The van der Waals surface area contributed by atoms with Gasteiger partial charge in [0, 0.05) is 33.5 Å². The maximum atomic E-state index is 12.4. The van der Waals surface area contributed by atoms with Gasteiger partial charge in [0.1, 0.15) is 43.9 Å². The molecule has 0 aromatic heterocycles. The number of rotatable bonds is 12. The van der Waals surface area contributed by atoms with Crippen LogP contribution in [0.1, 0.15) is 0 Å². The molecular formula is C44H35N13O8S2. The van der Waals surface area contributed by atoms with Gasteiger partial charge in [0.2, 0.25) is 0 Å². The normalized spacial score (nSPS) is 12.4. The van der Waals surface area contributed by atoms with E-state index in [1.165, 1.54) is 48.5 Å². The molecule has 0 saturated carbocycles. The van der Waals surface area contributed by atoms with Gasteiger partial charge in [-0.1, -0.05) is 12.1 Å². The van der Waals surface area contributed by atoms with E-state index in [2.05, 4.69) is 46.2 Å². The van der Waals surface area contributed by atoms with Gasteiger partial charge in [-0.3, -0.25) is 9.11 Å². The summed E-state index contributed by atoms with van der Waals surface area (Å²) in [6.45, 7) is 0. The molecular weight excluding hydrogens is 903 g/mol. The average Bonchev–Trinajstić information content (AvgIpc) is 3.28. The van der Waals surface area contributed by atoms with Crippen molar-refractivity contribution in [2.45, 2.75) is 9.79 Å². The SMILES string of the molecule is Nc1ccc(N=Nc2ccc3cc(S(=O)(=O)O)c(N=Nc4ccc(Nc5ccc(N=Nc6cc7c(O)c(N=Nc8ccc(N)cc8N)ccc7cc6S(=O)(=O)O)cc5)cc4)cc3c2O)c(N)c1. The van der Waals surface area contributed by atoms with Gasteiger partial charge in [0.15, 0.2) is 11.5 Å². The van der Waals surface area contributed by atoms with Crippen LogP contribution in [-0.2, 0) is 20.2 Å². The quantitative estimate of drug-likeness (QED) is 0.0313. The van der Waals surface area contributed by atoms with E-state index in [4.69, 9.17) is 22.9 Å². The fourth-order valence-corrected chi connectivity index (χ4v) is 7.79. The van der Waals surface area contributed by atoms with Crippen LogP contribution in [0.15, 0.2) is 184 Å². The maximum absolute atomic E-state index is 12.4. The van der Waals surface area contributed by atoms with E-state index in [0.29, 0.717) is 45.5 Å². The van der Waals surface area contributed by atoms with Gasteiger partial charge < -0.3 is 38.5 Å². The number of fused-ring (bicyclic) bond motifs is 2. The van der Waals surface area contributed by atoms with E-state index in [1.54, 1.807) is 72.8 Å². The molecule has 0 bridgehead atoms. The summed E-state index contributed by atoms with van der Waals surface area (Å²) in [5.74, 6) is -0.676. The first-order chi connectivity index (χ1) is 31.9. The predicted molar refractivity (Wildman–Crippen MR) is 254 cm³/mol. The molecule has 67 heavy (non-hydrogen) atoms. The number of anilines is 6. The Morgan fingerprint density at radius 1 is 0.388 bits per heavy atom. The van der Waals surface area contributed by atoms with Gasteiger partial charge in [-0.25, -0.2) is 0 Å². The number of nitrogens with one attached hydrogen (secondary N) is 1. The lowest BCUT2D eigenvalue weighted by molar-refractivity contribution is 0.480. The molecule has 8 aromatic rings. The van der Waals surface area contributed by atoms with Gasteiger partial charge in [0.25, 0.3) is 20.2 Å². The molecule has 0 unspecified atom stereocenters. The molecule has 336 valence electrons. The molecule has 0 saturated heterocycles. The average molecular weight is 938 g/mol. The number of hydrogen-bond donors (Lipinski definition) is 9. The monoisotopic (exact) mass is 937 g/mol. The van der Waals surface area contributed by atoms with E-state index in [-0.39, 0.29) is 67.2 Å². The predicted octanol–water partition coefficient (Wildman–Crippen LogP) is 11.6. The number of nitrogens with two attached hydrogens (primary N) is 4. The third-order valence-corrected chi connectivity index (χ3v) is 11.6. The zero-order chi connectivity index (χ0) is 47.6. The Labute approximate surface area is 380 Å². The minimum atomic E-state index is -4.78. The van der Waals surface area contributed by atoms with E-state index in [1.807, 2.05) is 0 Å². The van der Waals surface area contributed by atoms with Crippen molar-refractivity contribution in [3.63, 3.8) is 0 Å². The summed E-state index contributed by atoms with van der Waals surface area (Å²) in [5.41, 5.74) is 26.9. The van der Waals surface area contributed by atoms with Crippen LogP contribution < -0.4 is 28.3 Å². The van der Waals surface area contributed by atoms with Gasteiger partial charge in [0.05, 0.1) is 22.7 Å². The van der Waals surface area contributed by atoms with Crippen LogP contribution in [0.3, 0.4) is 0 Å². The maximum Gasteiger partial charge on any atom is 0.296 e. The molecule has 23 heteroatoms. The van der Waals surface area contributed by atoms with E-state index < -0.39 is 30.0 Å². The zero-order valence-corrected chi connectivity index (χ0v) is 36.0. The van der Waals surface area contributed by atoms with Crippen LogP contribution in [0.25, 0.3) is 21.5 Å². The fraction of sp³-hybridized carbons (Fsp3) is 0. The highest BCUT2D eigenvalue weighted by Gasteiger charge is 2.21. The summed E-state index contributed by atoms with van der Waals surface area (Å²) in [7, 11) is -9.56. The van der Waals surface area contributed by atoms with Gasteiger partial charge >= 0.3 is 0 Å². The van der Waals surface area contributed by atoms with Crippen molar-refractivity contribution >= 4 is 121 Å². The Hall–Kier alpha value is -8.90. The smallest absolute Gasteiger partial charge is 0.296 e. The highest BCUT2D eigenvalue weighted by atomic mass is 32.2. The van der Waals surface area contributed by atoms with E-state index in [9.17, 15) is 36.2 Å². The van der Waals surface area contributed by atoms with Crippen molar-refractivity contribution in [3.8, 4) is 11.5 Å². The third kappa shape index (κ3) is 10.1. The number of hydrogen-bond acceptors (Lipinski definition) is 19. The summed E-state index contributed by atoms with van der Waals surface area (Å²) in [5, 5.41) is 59.0. The van der Waals surface area contributed by atoms with Crippen LogP contribution in [0.2, 0.25) is 0 Å². The van der Waals surface area contributed by atoms with Crippen LogP contribution in [0.4, 0.5) is 79.6 Å². The molecule has 0 heterocycles. The first kappa shape index (κ1) is 44.7. The van der Waals surface area contributed by atoms with Crippen molar-refractivity contribution in [1.29, 1.82) is 0 Å². The number of phenols is 2. The molecule has 0 atom stereocenters. The standard InChI is InChI=1S/C44H35N13O8S2/c45-25-3-15-35(33(47)19-25)52-54-37-13-1-23-17-41(66(60,61)62)39(21-31(23)43(37)58)56-50-29-9-5-27(6-10-29)49-28-7-11-30(12-8-28)51-57-40-22-32-24(18-42(40)67(63,64)65)2-14-38(44(32)59)55-53-36-16-4-26(46)20-34(36)48/h1-22,49,58-59H,45-48H2,(H,60,61,62)(H,63,64,65). The Kier molecular flexibility index (Phi) is 12.0. The Morgan fingerprint density at radius 3 is 1.09 bits per heavy atom. The van der Waals surface area contributed by atoms with Crippen LogP contribution in [0, 0.1) is 0 Å². The number of aromatic hydroxyl groups is 2. The second-order valence-electron chi connectivity index (χ2n) is 14.6. The Bertz CT molecular complexity index is 3390. The summed E-state index contributed by atoms with van der Waals surface area (Å²) >= 11 is 0. The first-order valence-electron chi connectivity index (χ1n) is 19.4. The lowest BCUT2D eigenvalue weighted by Gasteiger charge is -2.09. The second-order valence-corrected chi connectivity index (χ2v) is 17.3. The van der Waals surface area contributed by atoms with Gasteiger partial charge in [-0.15, -0.1) is 30.7 Å². The number of nitrogen functional groups attached to an aromatic ring is 4. The molecule has 0 amide bonds. The molecule has 8 rings (SSSR count). The Balaban J connectivity index is 0.981. The largest absolute Gasteiger partial charge is 0.505 e. The van der Waals surface area contributed by atoms with Crippen molar-refractivity contribution in [1.82, 2.24) is 0 Å². The summed E-state index contributed by atoms with van der Waals surface area (Å²) in [6, 6.07) is 33.0. The van der Waals surface area contributed by atoms with Gasteiger partial charge in [-0.2, -0.15) is 27.1 Å². The van der Waals surface area contributed by atoms with Crippen molar-refractivity contribution in [2.24, 2.45) is 40.9 Å². The van der Waals surface area contributed by atoms with E-state index >= 15 is 0 Å². The molecule has 0 radical (unpaired) electrons. The lowest BCUT2D eigenvalue weighted by atomic mass is 10.1. The fourth-order valence-electron chi connectivity index (χ4n) is 6.51. The number of benzene rings is 8. The number of phenolic OH excluding ortho intramolecular Hbond substituents is 2. The molecule has 0 aliphatic carbocycles. The molecule has 0 fully saturated rings. The minimum absolute atomic E-state index is 0.0453. The van der Waals surface area contributed by atoms with Gasteiger partial charge in [-0.05, 0) is 132 Å². The molecule has 0 aliphatic heterocycles. The summed E-state index contributed by atoms with van der Waals surface area (Å²) < 4.78 is 69.5. The summed E-state index contributed by atoms with van der Waals surface area (Å²) in [6.07, 6.45) is 0. The third-order valence-electron chi connectivity index (χ3n) is 9.86. The zero-order valence-electron chi connectivity index (χ0n) is 34.3. The van der Waals surface area contributed by atoms with E-state index in [0.717, 1.165) is 12.1 Å². The van der Waals surface area contributed by atoms with Crippen LogP contribution in [-0.4, -0.2) is 36.2 Å². The highest BCUT2D eigenvalue weighted by molar-refractivity contribution is 7.86. The Morgan fingerprint density at radius 2 is 0.731 bits per heavy atom. The van der Waals surface area contributed by atoms with Crippen molar-refractivity contribution in [2.75, 3.05) is 28.3 Å². The second kappa shape index (κ2) is 17.9.